The Morgan fingerprint density at radius 1 is 1.25 bits per heavy atom. The lowest BCUT2D eigenvalue weighted by Crippen LogP contribution is -2.42. The Hall–Kier alpha value is -1.09. The number of aliphatic imine (C=N–C) groups is 1. The number of rotatable bonds is 9. The molecule has 0 aromatic heterocycles. The van der Waals surface area contributed by atoms with Gasteiger partial charge in [-0.2, -0.15) is 0 Å². The summed E-state index contributed by atoms with van der Waals surface area (Å²) in [6.07, 6.45) is 1.06. The van der Waals surface area contributed by atoms with Gasteiger partial charge < -0.3 is 20.1 Å². The van der Waals surface area contributed by atoms with Gasteiger partial charge in [0.05, 0.1) is 12.6 Å². The molecule has 1 atom stereocenters. The van der Waals surface area contributed by atoms with Gasteiger partial charge in [0.15, 0.2) is 5.96 Å². The number of ether oxygens (including phenoxy) is 2. The van der Waals surface area contributed by atoms with Crippen LogP contribution in [0.15, 0.2) is 29.3 Å². The van der Waals surface area contributed by atoms with E-state index < -0.39 is 0 Å². The highest BCUT2D eigenvalue weighted by atomic mass is 127. The minimum atomic E-state index is -0.302. The summed E-state index contributed by atoms with van der Waals surface area (Å²) in [5.41, 5.74) is 0. The molecule has 0 spiro atoms. The van der Waals surface area contributed by atoms with Gasteiger partial charge in [0.2, 0.25) is 0 Å². The van der Waals surface area contributed by atoms with Crippen molar-refractivity contribution in [3.8, 4) is 5.75 Å². The monoisotopic (exact) mass is 453 g/mol. The molecule has 0 amide bonds. The molecule has 0 heterocycles. The van der Waals surface area contributed by atoms with E-state index in [1.54, 1.807) is 19.2 Å². The first-order valence-corrected chi connectivity index (χ1v) is 7.99. The fourth-order valence-electron chi connectivity index (χ4n) is 1.87. The van der Waals surface area contributed by atoms with Crippen LogP contribution in [0.5, 0.6) is 5.75 Å². The van der Waals surface area contributed by atoms with Gasteiger partial charge in [-0.15, -0.1) is 24.0 Å². The maximum atomic E-state index is 13.1. The molecule has 0 fully saturated rings. The number of hydrogen-bond acceptors (Lipinski definition) is 3. The summed E-state index contributed by atoms with van der Waals surface area (Å²) in [6.45, 7) is 8.04. The SMILES string of the molecule is CN=C(NCCCOC(C)C)NCC(C)Oc1cccc(F)c1.I. The van der Waals surface area contributed by atoms with Gasteiger partial charge in [-0.25, -0.2) is 4.39 Å². The lowest BCUT2D eigenvalue weighted by Gasteiger charge is -2.18. The van der Waals surface area contributed by atoms with Crippen molar-refractivity contribution in [2.45, 2.75) is 39.4 Å². The number of hydrogen-bond donors (Lipinski definition) is 2. The molecule has 0 saturated carbocycles. The second-order valence-electron chi connectivity index (χ2n) is 5.54. The summed E-state index contributed by atoms with van der Waals surface area (Å²) < 4.78 is 24.2. The molecule has 5 nitrogen and oxygen atoms in total. The van der Waals surface area contributed by atoms with Crippen LogP contribution in [-0.4, -0.2) is 44.9 Å². The van der Waals surface area contributed by atoms with Crippen LogP contribution in [0.4, 0.5) is 4.39 Å². The Kier molecular flexibility index (Phi) is 12.6. The first kappa shape index (κ1) is 22.9. The van der Waals surface area contributed by atoms with E-state index in [4.69, 9.17) is 9.47 Å². The molecule has 138 valence electrons. The smallest absolute Gasteiger partial charge is 0.191 e. The molecule has 0 aliphatic rings. The molecule has 2 N–H and O–H groups in total. The molecule has 24 heavy (non-hydrogen) atoms. The average molecular weight is 453 g/mol. The molecule has 7 heteroatoms. The largest absolute Gasteiger partial charge is 0.489 e. The second-order valence-corrected chi connectivity index (χ2v) is 5.54. The summed E-state index contributed by atoms with van der Waals surface area (Å²) >= 11 is 0. The highest BCUT2D eigenvalue weighted by Gasteiger charge is 2.06. The van der Waals surface area contributed by atoms with E-state index in [0.29, 0.717) is 18.3 Å². The van der Waals surface area contributed by atoms with E-state index in [9.17, 15) is 4.39 Å². The van der Waals surface area contributed by atoms with E-state index in [1.165, 1.54) is 12.1 Å². The third kappa shape index (κ3) is 10.6. The van der Waals surface area contributed by atoms with Crippen LogP contribution in [0.3, 0.4) is 0 Å². The average Bonchev–Trinajstić information content (AvgIpc) is 2.49. The first-order valence-electron chi connectivity index (χ1n) is 7.99. The van der Waals surface area contributed by atoms with Crippen molar-refractivity contribution in [1.29, 1.82) is 0 Å². The summed E-state index contributed by atoms with van der Waals surface area (Å²) in [6, 6.07) is 6.13. The van der Waals surface area contributed by atoms with Crippen molar-refractivity contribution in [2.24, 2.45) is 4.99 Å². The van der Waals surface area contributed by atoms with Crippen LogP contribution >= 0.6 is 24.0 Å². The molecular weight excluding hydrogens is 424 g/mol. The van der Waals surface area contributed by atoms with Gasteiger partial charge in [-0.3, -0.25) is 4.99 Å². The summed E-state index contributed by atoms with van der Waals surface area (Å²) in [7, 11) is 1.72. The maximum Gasteiger partial charge on any atom is 0.191 e. The van der Waals surface area contributed by atoms with Crippen LogP contribution < -0.4 is 15.4 Å². The Morgan fingerprint density at radius 3 is 2.62 bits per heavy atom. The third-order valence-electron chi connectivity index (χ3n) is 2.98. The number of nitrogens with one attached hydrogen (secondary N) is 2. The molecule has 0 radical (unpaired) electrons. The second kappa shape index (κ2) is 13.2. The van der Waals surface area contributed by atoms with Crippen molar-refractivity contribution in [3.63, 3.8) is 0 Å². The van der Waals surface area contributed by atoms with Crippen LogP contribution in [-0.2, 0) is 4.74 Å². The topological polar surface area (TPSA) is 54.9 Å². The Labute approximate surface area is 161 Å². The van der Waals surface area contributed by atoms with Crippen LogP contribution in [0.1, 0.15) is 27.2 Å². The minimum absolute atomic E-state index is 0. The Morgan fingerprint density at radius 2 is 2.00 bits per heavy atom. The van der Waals surface area contributed by atoms with Gasteiger partial charge >= 0.3 is 0 Å². The van der Waals surface area contributed by atoms with Crippen molar-refractivity contribution in [1.82, 2.24) is 10.6 Å². The van der Waals surface area contributed by atoms with Crippen LogP contribution in [0.2, 0.25) is 0 Å². The molecular formula is C17H29FIN3O2. The zero-order valence-electron chi connectivity index (χ0n) is 14.8. The first-order chi connectivity index (χ1) is 11.0. The zero-order valence-corrected chi connectivity index (χ0v) is 17.2. The third-order valence-corrected chi connectivity index (χ3v) is 2.98. The fourth-order valence-corrected chi connectivity index (χ4v) is 1.87. The number of guanidine groups is 1. The standard InChI is InChI=1S/C17H28FN3O2.HI/c1-13(2)22-10-6-9-20-17(19-4)21-12-14(3)23-16-8-5-7-15(18)11-16;/h5,7-8,11,13-14H,6,9-10,12H2,1-4H3,(H2,19,20,21);1H. The minimum Gasteiger partial charge on any atom is -0.489 e. The molecule has 0 aliphatic heterocycles. The molecule has 1 aromatic carbocycles. The Bertz CT molecular complexity index is 487. The zero-order chi connectivity index (χ0) is 17.1. The van der Waals surface area contributed by atoms with Gasteiger partial charge in [0, 0.05) is 26.3 Å². The fraction of sp³-hybridized carbons (Fsp3) is 0.588. The van der Waals surface area contributed by atoms with E-state index in [1.807, 2.05) is 20.8 Å². The van der Waals surface area contributed by atoms with E-state index in [-0.39, 0.29) is 42.0 Å². The summed E-state index contributed by atoms with van der Waals surface area (Å²) in [5.74, 6) is 0.932. The van der Waals surface area contributed by atoms with Crippen molar-refractivity contribution in [2.75, 3.05) is 26.7 Å². The molecule has 0 saturated heterocycles. The number of halogens is 2. The van der Waals surface area contributed by atoms with Crippen molar-refractivity contribution < 1.29 is 13.9 Å². The van der Waals surface area contributed by atoms with Gasteiger partial charge in [0.1, 0.15) is 17.7 Å². The molecule has 1 unspecified atom stereocenters. The summed E-state index contributed by atoms with van der Waals surface area (Å²) in [4.78, 5) is 4.15. The highest BCUT2D eigenvalue weighted by molar-refractivity contribution is 14.0. The predicted molar refractivity (Wildman–Crippen MR) is 107 cm³/mol. The quantitative estimate of drug-likeness (QED) is 0.261. The van der Waals surface area contributed by atoms with Crippen LogP contribution in [0, 0.1) is 5.82 Å². The molecule has 0 aliphatic carbocycles. The number of nitrogens with zero attached hydrogens (tertiary/aromatic N) is 1. The number of benzene rings is 1. The van der Waals surface area contributed by atoms with E-state index in [2.05, 4.69) is 15.6 Å². The highest BCUT2D eigenvalue weighted by Crippen LogP contribution is 2.13. The van der Waals surface area contributed by atoms with E-state index in [0.717, 1.165) is 19.6 Å². The van der Waals surface area contributed by atoms with E-state index >= 15 is 0 Å². The van der Waals surface area contributed by atoms with Crippen molar-refractivity contribution >= 4 is 29.9 Å². The lowest BCUT2D eigenvalue weighted by molar-refractivity contribution is 0.0776. The molecule has 0 bridgehead atoms. The van der Waals surface area contributed by atoms with Gasteiger partial charge in [0.25, 0.3) is 0 Å². The molecule has 1 aromatic rings. The van der Waals surface area contributed by atoms with Gasteiger partial charge in [-0.05, 0) is 39.3 Å². The summed E-state index contributed by atoms with van der Waals surface area (Å²) in [5, 5.41) is 6.40. The Balaban J connectivity index is 0.00000529. The lowest BCUT2D eigenvalue weighted by atomic mass is 10.3. The predicted octanol–water partition coefficient (Wildman–Crippen LogP) is 3.19. The normalized spacial score (nSPS) is 12.5. The van der Waals surface area contributed by atoms with Crippen LogP contribution in [0.25, 0.3) is 0 Å². The molecule has 1 rings (SSSR count). The van der Waals surface area contributed by atoms with Gasteiger partial charge in [-0.1, -0.05) is 6.07 Å². The maximum absolute atomic E-state index is 13.1. The van der Waals surface area contributed by atoms with Crippen molar-refractivity contribution in [3.05, 3.63) is 30.1 Å².